The van der Waals surface area contributed by atoms with Crippen molar-refractivity contribution < 1.29 is 9.47 Å². The van der Waals surface area contributed by atoms with Gasteiger partial charge in [-0.3, -0.25) is 0 Å². The fraction of sp³-hybridized carbons (Fsp3) is 0.562. The first-order valence-corrected chi connectivity index (χ1v) is 7.78. The Morgan fingerprint density at radius 2 is 1.90 bits per heavy atom. The molecular weight excluding hydrogens is 266 g/mol. The van der Waals surface area contributed by atoms with Crippen molar-refractivity contribution in [1.29, 1.82) is 0 Å². The summed E-state index contributed by atoms with van der Waals surface area (Å²) in [6, 6.07) is 4.10. The van der Waals surface area contributed by atoms with E-state index in [-0.39, 0.29) is 0 Å². The minimum absolute atomic E-state index is 0.618. The molecule has 3 heterocycles. The predicted octanol–water partition coefficient (Wildman–Crippen LogP) is 2.12. The van der Waals surface area contributed by atoms with Crippen LogP contribution in [-0.2, 0) is 6.54 Å². The number of hydrogen-bond acceptors (Lipinski definition) is 4. The molecule has 21 heavy (non-hydrogen) atoms. The Morgan fingerprint density at radius 1 is 1.19 bits per heavy atom. The highest BCUT2D eigenvalue weighted by molar-refractivity contribution is 5.80. The zero-order valence-electron chi connectivity index (χ0n) is 12.4. The van der Waals surface area contributed by atoms with E-state index in [1.54, 1.807) is 0 Å². The van der Waals surface area contributed by atoms with Crippen LogP contribution in [-0.4, -0.2) is 35.9 Å². The first-order valence-electron chi connectivity index (χ1n) is 7.78. The molecule has 0 bridgehead atoms. The van der Waals surface area contributed by atoms with Crippen LogP contribution in [0.1, 0.15) is 18.7 Å². The molecule has 0 spiro atoms. The topological polar surface area (TPSA) is 48.3 Å². The van der Waals surface area contributed by atoms with Gasteiger partial charge in [-0.05, 0) is 38.8 Å². The maximum absolute atomic E-state index is 5.71. The van der Waals surface area contributed by atoms with Gasteiger partial charge in [0.2, 0.25) is 0 Å². The molecule has 2 aromatic rings. The number of imidazole rings is 1. The summed E-state index contributed by atoms with van der Waals surface area (Å²) < 4.78 is 13.7. The molecule has 2 aliphatic rings. The van der Waals surface area contributed by atoms with Crippen LogP contribution in [0, 0.1) is 12.8 Å². The average molecular weight is 287 g/mol. The molecule has 0 saturated carbocycles. The van der Waals surface area contributed by atoms with E-state index in [0.29, 0.717) is 13.2 Å². The Bertz CT molecular complexity index is 659. The molecule has 1 fully saturated rings. The summed E-state index contributed by atoms with van der Waals surface area (Å²) in [6.07, 6.45) is 2.48. The number of nitrogens with zero attached hydrogens (tertiary/aromatic N) is 2. The standard InChI is InChI=1S/C16H21N3O2/c1-11-18-13-8-15-16(21-7-6-20-15)9-14(13)19(11)10-12-2-4-17-5-3-12/h8-9,12,17H,2-7,10H2,1H3. The Kier molecular flexibility index (Phi) is 3.22. The molecule has 4 rings (SSSR count). The van der Waals surface area contributed by atoms with Gasteiger partial charge in [-0.2, -0.15) is 0 Å². The van der Waals surface area contributed by atoms with Gasteiger partial charge in [-0.25, -0.2) is 4.98 Å². The first-order chi connectivity index (χ1) is 10.3. The van der Waals surface area contributed by atoms with Gasteiger partial charge in [0.1, 0.15) is 19.0 Å². The van der Waals surface area contributed by atoms with Crippen molar-refractivity contribution in [2.75, 3.05) is 26.3 Å². The lowest BCUT2D eigenvalue weighted by atomic mass is 9.98. The maximum atomic E-state index is 5.71. The number of piperidine rings is 1. The van der Waals surface area contributed by atoms with E-state index in [1.807, 2.05) is 6.07 Å². The van der Waals surface area contributed by atoms with Gasteiger partial charge in [-0.1, -0.05) is 0 Å². The molecule has 0 aliphatic carbocycles. The van der Waals surface area contributed by atoms with E-state index in [2.05, 4.69) is 22.9 Å². The van der Waals surface area contributed by atoms with Crippen LogP contribution >= 0.6 is 0 Å². The highest BCUT2D eigenvalue weighted by atomic mass is 16.6. The molecule has 1 aromatic carbocycles. The van der Waals surface area contributed by atoms with Crippen molar-refractivity contribution in [3.63, 3.8) is 0 Å². The van der Waals surface area contributed by atoms with Crippen LogP contribution < -0.4 is 14.8 Å². The van der Waals surface area contributed by atoms with Crippen molar-refractivity contribution in [1.82, 2.24) is 14.9 Å². The van der Waals surface area contributed by atoms with Crippen molar-refractivity contribution in [2.24, 2.45) is 5.92 Å². The summed E-state index contributed by atoms with van der Waals surface area (Å²) in [5.41, 5.74) is 2.17. The van der Waals surface area contributed by atoms with Gasteiger partial charge in [0.05, 0.1) is 11.0 Å². The van der Waals surface area contributed by atoms with Crippen LogP contribution in [0.3, 0.4) is 0 Å². The Balaban J connectivity index is 1.71. The van der Waals surface area contributed by atoms with E-state index < -0.39 is 0 Å². The third kappa shape index (κ3) is 2.35. The number of benzene rings is 1. The Hall–Kier alpha value is -1.75. The zero-order chi connectivity index (χ0) is 14.2. The summed E-state index contributed by atoms with van der Waals surface area (Å²) in [6.45, 7) is 6.63. The highest BCUT2D eigenvalue weighted by Gasteiger charge is 2.19. The molecular formula is C16H21N3O2. The predicted molar refractivity (Wildman–Crippen MR) is 81.1 cm³/mol. The molecule has 0 amide bonds. The third-order valence-corrected chi connectivity index (χ3v) is 4.50. The van der Waals surface area contributed by atoms with Crippen molar-refractivity contribution in [3.8, 4) is 11.5 Å². The molecule has 1 N–H and O–H groups in total. The van der Waals surface area contributed by atoms with Crippen LogP contribution in [0.2, 0.25) is 0 Å². The second-order valence-corrected chi connectivity index (χ2v) is 5.95. The monoisotopic (exact) mass is 287 g/mol. The number of nitrogens with one attached hydrogen (secondary N) is 1. The summed E-state index contributed by atoms with van der Waals surface area (Å²) in [5, 5.41) is 3.43. The highest BCUT2D eigenvalue weighted by Crippen LogP contribution is 2.35. The van der Waals surface area contributed by atoms with E-state index in [4.69, 9.17) is 14.5 Å². The number of aryl methyl sites for hydroxylation is 1. The fourth-order valence-electron chi connectivity index (χ4n) is 3.34. The second kappa shape index (κ2) is 5.22. The average Bonchev–Trinajstić information content (AvgIpc) is 2.81. The van der Waals surface area contributed by atoms with Crippen molar-refractivity contribution in [3.05, 3.63) is 18.0 Å². The summed E-state index contributed by atoms with van der Waals surface area (Å²) >= 11 is 0. The fourth-order valence-corrected chi connectivity index (χ4v) is 3.34. The number of fused-ring (bicyclic) bond motifs is 2. The van der Waals surface area contributed by atoms with Crippen LogP contribution in [0.15, 0.2) is 12.1 Å². The van der Waals surface area contributed by atoms with Gasteiger partial charge < -0.3 is 19.4 Å². The maximum Gasteiger partial charge on any atom is 0.163 e. The molecule has 0 atom stereocenters. The van der Waals surface area contributed by atoms with Gasteiger partial charge in [0, 0.05) is 18.7 Å². The lowest BCUT2D eigenvalue weighted by Gasteiger charge is -2.24. The normalized spacial score (nSPS) is 19.1. The van der Waals surface area contributed by atoms with Gasteiger partial charge in [0.25, 0.3) is 0 Å². The SMILES string of the molecule is Cc1nc2cc3c(cc2n1CC1CCNCC1)OCCO3. The van der Waals surface area contributed by atoms with Crippen molar-refractivity contribution in [2.45, 2.75) is 26.3 Å². The van der Waals surface area contributed by atoms with Crippen molar-refractivity contribution >= 4 is 11.0 Å². The summed E-state index contributed by atoms with van der Waals surface area (Å²) in [7, 11) is 0. The lowest BCUT2D eigenvalue weighted by molar-refractivity contribution is 0.172. The summed E-state index contributed by atoms with van der Waals surface area (Å²) in [4.78, 5) is 4.70. The molecule has 5 nitrogen and oxygen atoms in total. The number of rotatable bonds is 2. The molecule has 0 radical (unpaired) electrons. The molecule has 1 saturated heterocycles. The van der Waals surface area contributed by atoms with Gasteiger partial charge >= 0.3 is 0 Å². The van der Waals surface area contributed by atoms with E-state index >= 15 is 0 Å². The van der Waals surface area contributed by atoms with Crippen LogP contribution in [0.25, 0.3) is 11.0 Å². The third-order valence-electron chi connectivity index (χ3n) is 4.50. The van der Waals surface area contributed by atoms with E-state index in [9.17, 15) is 0 Å². The largest absolute Gasteiger partial charge is 0.486 e. The first kappa shape index (κ1) is 13.0. The Labute approximate surface area is 124 Å². The quantitative estimate of drug-likeness (QED) is 0.919. The number of hydrogen-bond donors (Lipinski definition) is 1. The minimum atomic E-state index is 0.618. The molecule has 0 unspecified atom stereocenters. The second-order valence-electron chi connectivity index (χ2n) is 5.95. The van der Waals surface area contributed by atoms with E-state index in [1.165, 1.54) is 12.8 Å². The smallest absolute Gasteiger partial charge is 0.163 e. The molecule has 2 aliphatic heterocycles. The molecule has 1 aromatic heterocycles. The van der Waals surface area contributed by atoms with E-state index in [0.717, 1.165) is 53.9 Å². The van der Waals surface area contributed by atoms with Crippen LogP contribution in [0.4, 0.5) is 0 Å². The number of ether oxygens (including phenoxy) is 2. The van der Waals surface area contributed by atoms with Gasteiger partial charge in [0.15, 0.2) is 11.5 Å². The molecule has 5 heteroatoms. The lowest BCUT2D eigenvalue weighted by Crippen LogP contribution is -2.30. The van der Waals surface area contributed by atoms with Crippen LogP contribution in [0.5, 0.6) is 11.5 Å². The van der Waals surface area contributed by atoms with Gasteiger partial charge in [-0.15, -0.1) is 0 Å². The minimum Gasteiger partial charge on any atom is -0.486 e. The zero-order valence-corrected chi connectivity index (χ0v) is 12.4. The summed E-state index contributed by atoms with van der Waals surface area (Å²) in [5.74, 6) is 3.47. The molecule has 112 valence electrons. The Morgan fingerprint density at radius 3 is 2.67 bits per heavy atom. The number of aromatic nitrogens is 2.